The molecule has 0 spiro atoms. The molecular formula is C25H26N2O4S. The third-order valence-corrected chi connectivity index (χ3v) is 8.46. The molecule has 2 aromatic carbocycles. The molecule has 3 heterocycles. The van der Waals surface area contributed by atoms with Crippen LogP contribution in [0.4, 0.5) is 0 Å². The van der Waals surface area contributed by atoms with Crippen molar-refractivity contribution in [2.75, 3.05) is 20.2 Å². The van der Waals surface area contributed by atoms with E-state index in [1.807, 2.05) is 54.0 Å². The molecule has 32 heavy (non-hydrogen) atoms. The largest absolute Gasteiger partial charge is 0.497 e. The Morgan fingerprint density at radius 2 is 1.62 bits per heavy atom. The molecule has 1 saturated heterocycles. The third-order valence-electron chi connectivity index (χ3n) is 6.62. The molecule has 1 aromatic heterocycles. The van der Waals surface area contributed by atoms with Gasteiger partial charge in [0.05, 0.1) is 12.0 Å². The summed E-state index contributed by atoms with van der Waals surface area (Å²) < 4.78 is 35.5. The first kappa shape index (κ1) is 21.0. The Labute approximate surface area is 188 Å². The number of hydrogen-bond donors (Lipinski definition) is 0. The summed E-state index contributed by atoms with van der Waals surface area (Å²) in [5.41, 5.74) is 3.90. The van der Waals surface area contributed by atoms with Gasteiger partial charge in [-0.3, -0.25) is 4.79 Å². The highest BCUT2D eigenvalue weighted by atomic mass is 32.2. The zero-order valence-electron chi connectivity index (χ0n) is 18.2. The van der Waals surface area contributed by atoms with Gasteiger partial charge in [-0.1, -0.05) is 29.8 Å². The number of pyridine rings is 1. The monoisotopic (exact) mass is 450 g/mol. The predicted molar refractivity (Wildman–Crippen MR) is 123 cm³/mol. The summed E-state index contributed by atoms with van der Waals surface area (Å²) in [7, 11) is -1.96. The van der Waals surface area contributed by atoms with Gasteiger partial charge in [0.1, 0.15) is 5.75 Å². The summed E-state index contributed by atoms with van der Waals surface area (Å²) in [5.74, 6) is 0.850. The van der Waals surface area contributed by atoms with Crippen LogP contribution >= 0.6 is 0 Å². The average Bonchev–Trinajstić information content (AvgIpc) is 2.80. The molecule has 0 radical (unpaired) electrons. The van der Waals surface area contributed by atoms with E-state index in [-0.39, 0.29) is 17.4 Å². The molecule has 0 saturated carbocycles. The smallest absolute Gasteiger partial charge is 0.250 e. The van der Waals surface area contributed by atoms with Gasteiger partial charge in [0.15, 0.2) is 0 Å². The van der Waals surface area contributed by atoms with Crippen LogP contribution in [-0.4, -0.2) is 37.5 Å². The van der Waals surface area contributed by atoms with E-state index in [1.165, 1.54) is 0 Å². The second-order valence-corrected chi connectivity index (χ2v) is 10.7. The summed E-state index contributed by atoms with van der Waals surface area (Å²) in [6, 6.07) is 18.3. The number of piperidine rings is 1. The molecule has 1 fully saturated rings. The lowest BCUT2D eigenvalue weighted by Gasteiger charge is -2.42. The minimum absolute atomic E-state index is 0.0261. The zero-order valence-corrected chi connectivity index (χ0v) is 19.0. The molecule has 0 unspecified atom stereocenters. The van der Waals surface area contributed by atoms with Crippen molar-refractivity contribution < 1.29 is 13.2 Å². The van der Waals surface area contributed by atoms with E-state index < -0.39 is 10.0 Å². The molecule has 2 aliphatic rings. The van der Waals surface area contributed by atoms with Crippen molar-refractivity contribution in [2.24, 2.45) is 5.92 Å². The van der Waals surface area contributed by atoms with Gasteiger partial charge < -0.3 is 9.30 Å². The summed E-state index contributed by atoms with van der Waals surface area (Å²) in [4.78, 5) is 13.0. The number of benzene rings is 2. The molecule has 2 bridgehead atoms. The van der Waals surface area contributed by atoms with E-state index in [0.29, 0.717) is 24.5 Å². The highest BCUT2D eigenvalue weighted by Crippen LogP contribution is 2.41. The first-order valence-electron chi connectivity index (χ1n) is 10.8. The van der Waals surface area contributed by atoms with Gasteiger partial charge in [0, 0.05) is 42.9 Å². The maximum absolute atomic E-state index is 13.4. The molecule has 0 N–H and O–H groups in total. The number of methoxy groups -OCH3 is 1. The Kier molecular flexibility index (Phi) is 5.18. The molecule has 0 aliphatic carbocycles. The van der Waals surface area contributed by atoms with Gasteiger partial charge in [-0.2, -0.15) is 4.31 Å². The highest BCUT2D eigenvalue weighted by molar-refractivity contribution is 7.89. The Morgan fingerprint density at radius 3 is 2.31 bits per heavy atom. The van der Waals surface area contributed by atoms with Crippen LogP contribution in [0.1, 0.15) is 23.6 Å². The Bertz CT molecular complexity index is 1310. The van der Waals surface area contributed by atoms with Crippen molar-refractivity contribution in [1.82, 2.24) is 8.87 Å². The van der Waals surface area contributed by atoms with Crippen molar-refractivity contribution in [3.63, 3.8) is 0 Å². The topological polar surface area (TPSA) is 68.6 Å². The summed E-state index contributed by atoms with van der Waals surface area (Å²) in [6.45, 7) is 3.29. The second kappa shape index (κ2) is 7.90. The first-order chi connectivity index (χ1) is 15.4. The van der Waals surface area contributed by atoms with Crippen molar-refractivity contribution in [1.29, 1.82) is 0 Å². The molecule has 6 nitrogen and oxygen atoms in total. The number of hydrogen-bond acceptors (Lipinski definition) is 4. The third kappa shape index (κ3) is 3.55. The van der Waals surface area contributed by atoms with Crippen molar-refractivity contribution in [2.45, 2.75) is 30.7 Å². The minimum atomic E-state index is -3.59. The standard InChI is InChI=1S/C25H26N2O4S/c1-17-3-9-22(10-4-17)32(29,30)26-14-18-13-20(16-26)25-23(11-12-24(28)27(25)15-18)19-5-7-21(31-2)8-6-19/h3-12,18,20H,13-16H2,1-2H3/t18-,20-/m1/s1. The average molecular weight is 451 g/mol. The van der Waals surface area contributed by atoms with E-state index in [0.717, 1.165) is 34.6 Å². The molecule has 3 aromatic rings. The van der Waals surface area contributed by atoms with Gasteiger partial charge in [0.2, 0.25) is 10.0 Å². The number of aromatic nitrogens is 1. The fourth-order valence-corrected chi connectivity index (χ4v) is 6.60. The second-order valence-electron chi connectivity index (χ2n) is 8.74. The fraction of sp³-hybridized carbons (Fsp3) is 0.320. The molecular weight excluding hydrogens is 424 g/mol. The SMILES string of the molecule is COc1ccc(-c2ccc(=O)n3c2[C@@H]2C[C@H](CN(S(=O)(=O)c4ccc(C)cc4)C2)C3)cc1. The lowest BCUT2D eigenvalue weighted by Crippen LogP contribution is -2.49. The predicted octanol–water partition coefficient (Wildman–Crippen LogP) is 3.64. The van der Waals surface area contributed by atoms with Gasteiger partial charge >= 0.3 is 0 Å². The number of sulfonamides is 1. The van der Waals surface area contributed by atoms with Crippen LogP contribution in [0.15, 0.2) is 70.4 Å². The summed E-state index contributed by atoms with van der Waals surface area (Å²) in [5, 5.41) is 0. The van der Waals surface area contributed by atoms with Crippen LogP contribution < -0.4 is 10.3 Å². The molecule has 7 heteroatoms. The Morgan fingerprint density at radius 1 is 0.906 bits per heavy atom. The van der Waals surface area contributed by atoms with E-state index in [2.05, 4.69) is 0 Å². The molecule has 2 aliphatic heterocycles. The Hall–Kier alpha value is -2.90. The molecule has 5 rings (SSSR count). The van der Waals surface area contributed by atoms with Crippen molar-refractivity contribution >= 4 is 10.0 Å². The van der Waals surface area contributed by atoms with E-state index in [9.17, 15) is 13.2 Å². The minimum Gasteiger partial charge on any atom is -0.497 e. The Balaban J connectivity index is 1.55. The molecule has 2 atom stereocenters. The quantitative estimate of drug-likeness (QED) is 0.609. The molecule has 0 amide bonds. The number of ether oxygens (including phenoxy) is 1. The summed E-state index contributed by atoms with van der Waals surface area (Å²) >= 11 is 0. The number of fused-ring (bicyclic) bond motifs is 4. The number of rotatable bonds is 4. The molecule has 166 valence electrons. The lowest BCUT2D eigenvalue weighted by atomic mass is 9.81. The van der Waals surface area contributed by atoms with Gasteiger partial charge in [-0.05, 0) is 55.2 Å². The van der Waals surface area contributed by atoms with Crippen LogP contribution in [0, 0.1) is 12.8 Å². The zero-order chi connectivity index (χ0) is 22.5. The van der Waals surface area contributed by atoms with E-state index in [1.54, 1.807) is 29.6 Å². The van der Waals surface area contributed by atoms with Crippen LogP contribution in [0.3, 0.4) is 0 Å². The van der Waals surface area contributed by atoms with Crippen molar-refractivity contribution in [3.8, 4) is 16.9 Å². The van der Waals surface area contributed by atoms with Crippen LogP contribution in [-0.2, 0) is 16.6 Å². The first-order valence-corrected chi connectivity index (χ1v) is 12.3. The lowest BCUT2D eigenvalue weighted by molar-refractivity contribution is 0.187. The summed E-state index contributed by atoms with van der Waals surface area (Å²) in [6.07, 6.45) is 0.881. The van der Waals surface area contributed by atoms with E-state index in [4.69, 9.17) is 4.74 Å². The van der Waals surface area contributed by atoms with Gasteiger partial charge in [-0.25, -0.2) is 8.42 Å². The number of aryl methyl sites for hydroxylation is 1. The highest BCUT2D eigenvalue weighted by Gasteiger charge is 2.40. The van der Waals surface area contributed by atoms with Gasteiger partial charge in [-0.15, -0.1) is 0 Å². The maximum atomic E-state index is 13.4. The van der Waals surface area contributed by atoms with Gasteiger partial charge in [0.25, 0.3) is 5.56 Å². The van der Waals surface area contributed by atoms with Crippen molar-refractivity contribution in [3.05, 3.63) is 82.3 Å². The van der Waals surface area contributed by atoms with E-state index >= 15 is 0 Å². The maximum Gasteiger partial charge on any atom is 0.250 e. The fourth-order valence-electron chi connectivity index (χ4n) is 5.04. The normalized spacial score (nSPS) is 20.6. The van der Waals surface area contributed by atoms with Crippen LogP contribution in [0.5, 0.6) is 5.75 Å². The number of nitrogens with zero attached hydrogens (tertiary/aromatic N) is 2. The van der Waals surface area contributed by atoms with Crippen LogP contribution in [0.25, 0.3) is 11.1 Å². The van der Waals surface area contributed by atoms with Crippen LogP contribution in [0.2, 0.25) is 0 Å².